The largest absolute Gasteiger partial charge is 0.382 e. The molecule has 0 saturated heterocycles. The van der Waals surface area contributed by atoms with Crippen molar-refractivity contribution in [3.05, 3.63) is 45.9 Å². The van der Waals surface area contributed by atoms with Gasteiger partial charge in [0.15, 0.2) is 0 Å². The summed E-state index contributed by atoms with van der Waals surface area (Å²) >= 11 is 1.74. The van der Waals surface area contributed by atoms with Gasteiger partial charge in [0.2, 0.25) is 0 Å². The lowest BCUT2D eigenvalue weighted by Gasteiger charge is -2.26. The third kappa shape index (κ3) is 2.34. The number of aromatic nitrogens is 1. The summed E-state index contributed by atoms with van der Waals surface area (Å²) in [6.45, 7) is 2.07. The number of hydrogen-bond acceptors (Lipinski definition) is 3. The summed E-state index contributed by atoms with van der Waals surface area (Å²) in [5.74, 6) is 0. The molecule has 0 bridgehead atoms. The minimum Gasteiger partial charge on any atom is -0.382 e. The second-order valence-electron chi connectivity index (χ2n) is 4.60. The molecule has 1 aliphatic rings. The highest BCUT2D eigenvalue weighted by molar-refractivity contribution is 7.09. The lowest BCUT2D eigenvalue weighted by molar-refractivity contribution is 0.622. The number of fused-ring (bicyclic) bond motifs is 1. The number of hydrogen-bond donors (Lipinski definition) is 1. The molecule has 17 heavy (non-hydrogen) atoms. The van der Waals surface area contributed by atoms with Crippen LogP contribution in [0.3, 0.4) is 0 Å². The average Bonchev–Trinajstić information content (AvgIpc) is 2.75. The zero-order valence-corrected chi connectivity index (χ0v) is 10.8. The Morgan fingerprint density at radius 1 is 1.41 bits per heavy atom. The molecule has 1 aromatic heterocycles. The Hall–Kier alpha value is -1.35. The minimum absolute atomic E-state index is 0.534. The Bertz CT molecular complexity index is 518. The molecule has 0 spiro atoms. The molecular weight excluding hydrogens is 228 g/mol. The van der Waals surface area contributed by atoms with Crippen LogP contribution >= 0.6 is 11.3 Å². The predicted molar refractivity (Wildman–Crippen MR) is 72.7 cm³/mol. The second-order valence-corrected chi connectivity index (χ2v) is 5.66. The van der Waals surface area contributed by atoms with Gasteiger partial charge >= 0.3 is 0 Å². The third-order valence-electron chi connectivity index (χ3n) is 3.26. The number of anilines is 1. The van der Waals surface area contributed by atoms with Crippen LogP contribution in [-0.4, -0.2) is 11.0 Å². The summed E-state index contributed by atoms with van der Waals surface area (Å²) in [6.07, 6.45) is 3.42. The lowest BCUT2D eigenvalue weighted by atomic mass is 9.96. The number of benzene rings is 1. The molecule has 1 aromatic carbocycles. The fraction of sp³-hybridized carbons (Fsp3) is 0.357. The van der Waals surface area contributed by atoms with Crippen molar-refractivity contribution in [1.29, 1.82) is 0 Å². The highest BCUT2D eigenvalue weighted by Crippen LogP contribution is 2.25. The van der Waals surface area contributed by atoms with Crippen LogP contribution in [0.25, 0.3) is 0 Å². The summed E-state index contributed by atoms with van der Waals surface area (Å²) in [4.78, 5) is 4.54. The number of rotatable bonds is 2. The first-order valence-electron chi connectivity index (χ1n) is 6.07. The maximum absolute atomic E-state index is 4.54. The Labute approximate surface area is 106 Å². The second kappa shape index (κ2) is 4.49. The van der Waals surface area contributed by atoms with Crippen LogP contribution in [0.1, 0.15) is 22.7 Å². The molecule has 2 nitrogen and oxygen atoms in total. The van der Waals surface area contributed by atoms with E-state index >= 15 is 0 Å². The quantitative estimate of drug-likeness (QED) is 0.875. The standard InChI is InChI=1S/C14H16N2S/c1-10-15-13(9-17-10)8-12-7-6-11-4-2-3-5-14(11)16-12/h2-5,9,12,16H,6-8H2,1H3. The van der Waals surface area contributed by atoms with Gasteiger partial charge in [0.25, 0.3) is 0 Å². The lowest BCUT2D eigenvalue weighted by Crippen LogP contribution is -2.27. The van der Waals surface area contributed by atoms with Gasteiger partial charge in [-0.2, -0.15) is 0 Å². The molecule has 0 fully saturated rings. The Morgan fingerprint density at radius 3 is 3.12 bits per heavy atom. The molecule has 1 N–H and O–H groups in total. The zero-order chi connectivity index (χ0) is 11.7. The van der Waals surface area contributed by atoms with E-state index < -0.39 is 0 Å². The van der Waals surface area contributed by atoms with Crippen LogP contribution in [0, 0.1) is 6.92 Å². The molecule has 2 heterocycles. The normalized spacial score (nSPS) is 18.5. The zero-order valence-electron chi connectivity index (χ0n) is 9.94. The van der Waals surface area contributed by atoms with Crippen molar-refractivity contribution < 1.29 is 0 Å². The van der Waals surface area contributed by atoms with Gasteiger partial charge in [0.1, 0.15) is 0 Å². The fourth-order valence-corrected chi connectivity index (χ4v) is 3.03. The van der Waals surface area contributed by atoms with Gasteiger partial charge in [-0.25, -0.2) is 4.98 Å². The van der Waals surface area contributed by atoms with E-state index in [1.165, 1.54) is 29.8 Å². The molecule has 0 amide bonds. The van der Waals surface area contributed by atoms with Gasteiger partial charge in [-0.15, -0.1) is 11.3 Å². The molecule has 1 atom stereocenters. The summed E-state index contributed by atoms with van der Waals surface area (Å²) in [5.41, 5.74) is 3.97. The van der Waals surface area contributed by atoms with Crippen LogP contribution in [0.2, 0.25) is 0 Å². The van der Waals surface area contributed by atoms with Gasteiger partial charge < -0.3 is 5.32 Å². The van der Waals surface area contributed by atoms with Crippen molar-refractivity contribution >= 4 is 17.0 Å². The maximum atomic E-state index is 4.54. The highest BCUT2D eigenvalue weighted by Gasteiger charge is 2.18. The minimum atomic E-state index is 0.534. The van der Waals surface area contributed by atoms with E-state index in [0.29, 0.717) is 6.04 Å². The van der Waals surface area contributed by atoms with E-state index in [1.807, 2.05) is 0 Å². The third-order valence-corrected chi connectivity index (χ3v) is 4.08. The van der Waals surface area contributed by atoms with Crippen molar-refractivity contribution in [2.24, 2.45) is 0 Å². The van der Waals surface area contributed by atoms with Gasteiger partial charge in [-0.1, -0.05) is 18.2 Å². The first-order chi connectivity index (χ1) is 8.31. The molecule has 0 aliphatic carbocycles. The topological polar surface area (TPSA) is 24.9 Å². The van der Waals surface area contributed by atoms with Crippen LogP contribution in [-0.2, 0) is 12.8 Å². The van der Waals surface area contributed by atoms with Crippen LogP contribution < -0.4 is 5.32 Å². The van der Waals surface area contributed by atoms with E-state index in [-0.39, 0.29) is 0 Å². The smallest absolute Gasteiger partial charge is 0.0897 e. The van der Waals surface area contributed by atoms with Crippen molar-refractivity contribution in [2.45, 2.75) is 32.2 Å². The molecule has 0 saturated carbocycles. The van der Waals surface area contributed by atoms with Crippen molar-refractivity contribution in [3.8, 4) is 0 Å². The van der Waals surface area contributed by atoms with Crippen molar-refractivity contribution in [3.63, 3.8) is 0 Å². The summed E-state index contributed by atoms with van der Waals surface area (Å²) in [6, 6.07) is 9.14. The fourth-order valence-electron chi connectivity index (χ4n) is 2.41. The molecular formula is C14H16N2S. The van der Waals surface area contributed by atoms with Gasteiger partial charge in [-0.3, -0.25) is 0 Å². The molecule has 1 unspecified atom stereocenters. The predicted octanol–water partition coefficient (Wildman–Crippen LogP) is 3.42. The van der Waals surface area contributed by atoms with Crippen LogP contribution in [0.5, 0.6) is 0 Å². The average molecular weight is 244 g/mol. The number of nitrogens with one attached hydrogen (secondary N) is 1. The van der Waals surface area contributed by atoms with Crippen molar-refractivity contribution in [1.82, 2.24) is 4.98 Å². The number of nitrogens with zero attached hydrogens (tertiary/aromatic N) is 1. The Kier molecular flexibility index (Phi) is 2.85. The van der Waals surface area contributed by atoms with E-state index in [0.717, 1.165) is 11.4 Å². The molecule has 3 heteroatoms. The van der Waals surface area contributed by atoms with E-state index in [1.54, 1.807) is 11.3 Å². The first-order valence-corrected chi connectivity index (χ1v) is 6.94. The Morgan fingerprint density at radius 2 is 2.29 bits per heavy atom. The van der Waals surface area contributed by atoms with Crippen molar-refractivity contribution in [2.75, 3.05) is 5.32 Å². The molecule has 88 valence electrons. The summed E-state index contributed by atoms with van der Waals surface area (Å²) in [5, 5.41) is 6.96. The highest BCUT2D eigenvalue weighted by atomic mass is 32.1. The summed E-state index contributed by atoms with van der Waals surface area (Å²) in [7, 11) is 0. The Balaban J connectivity index is 1.72. The molecule has 0 radical (unpaired) electrons. The van der Waals surface area contributed by atoms with Gasteiger partial charge in [0, 0.05) is 23.5 Å². The summed E-state index contributed by atoms with van der Waals surface area (Å²) < 4.78 is 0. The van der Waals surface area contributed by atoms with Crippen LogP contribution in [0.4, 0.5) is 5.69 Å². The van der Waals surface area contributed by atoms with E-state index in [4.69, 9.17) is 0 Å². The molecule has 1 aliphatic heterocycles. The van der Waals surface area contributed by atoms with Gasteiger partial charge in [0.05, 0.1) is 10.7 Å². The number of aryl methyl sites for hydroxylation is 2. The van der Waals surface area contributed by atoms with Crippen LogP contribution in [0.15, 0.2) is 29.6 Å². The number of para-hydroxylation sites is 1. The maximum Gasteiger partial charge on any atom is 0.0897 e. The van der Waals surface area contributed by atoms with E-state index in [9.17, 15) is 0 Å². The number of thiazole rings is 1. The first kappa shape index (κ1) is 10.8. The molecule has 2 aromatic rings. The molecule has 3 rings (SSSR count). The van der Waals surface area contributed by atoms with Gasteiger partial charge in [-0.05, 0) is 31.4 Å². The van der Waals surface area contributed by atoms with E-state index in [2.05, 4.69) is 46.9 Å². The monoisotopic (exact) mass is 244 g/mol. The SMILES string of the molecule is Cc1nc(CC2CCc3ccccc3N2)cs1.